The third-order valence-corrected chi connectivity index (χ3v) is 3.69. The van der Waals surface area contributed by atoms with E-state index in [1.807, 2.05) is 0 Å². The molecule has 0 aromatic rings. The fraction of sp³-hybridized carbons (Fsp3) is 0.900. The molecular formula is C10H19N3S. The summed E-state index contributed by atoms with van der Waals surface area (Å²) in [5.41, 5.74) is 5.61. The van der Waals surface area contributed by atoms with E-state index in [9.17, 15) is 0 Å². The number of nitrogens with two attached hydrogens (primary N) is 1. The quantitative estimate of drug-likeness (QED) is 0.653. The molecule has 0 amide bonds. The summed E-state index contributed by atoms with van der Waals surface area (Å²) in [4.78, 5) is 4.76. The van der Waals surface area contributed by atoms with Gasteiger partial charge in [-0.25, -0.2) is 0 Å². The monoisotopic (exact) mass is 213 g/mol. The molecule has 2 aliphatic rings. The maximum Gasteiger partial charge on any atom is 0.166 e. The molecule has 2 fully saturated rings. The molecule has 0 atom stereocenters. The zero-order valence-electron chi connectivity index (χ0n) is 8.61. The summed E-state index contributed by atoms with van der Waals surface area (Å²) in [7, 11) is 0. The molecule has 2 heterocycles. The molecule has 4 heteroatoms. The molecular weight excluding hydrogens is 194 g/mol. The molecule has 0 unspecified atom stereocenters. The van der Waals surface area contributed by atoms with Crippen LogP contribution in [0.2, 0.25) is 0 Å². The first-order chi connectivity index (χ1) is 6.77. The normalized spacial score (nSPS) is 25.6. The second kappa shape index (κ2) is 4.45. The second-order valence-electron chi connectivity index (χ2n) is 4.30. The lowest BCUT2D eigenvalue weighted by molar-refractivity contribution is 0.164. The summed E-state index contributed by atoms with van der Waals surface area (Å²) in [5.74, 6) is 0. The lowest BCUT2D eigenvalue weighted by Gasteiger charge is -2.36. The lowest BCUT2D eigenvalue weighted by Crippen LogP contribution is -2.47. The number of hydrogen-bond donors (Lipinski definition) is 1. The SMILES string of the molecule is NC(=S)N1CCC(N2CCCC2)CC1. The van der Waals surface area contributed by atoms with E-state index in [0.29, 0.717) is 5.11 Å². The Kier molecular flexibility index (Phi) is 3.23. The first kappa shape index (κ1) is 10.2. The first-order valence-corrected chi connectivity index (χ1v) is 5.96. The highest BCUT2D eigenvalue weighted by molar-refractivity contribution is 7.80. The molecule has 2 aliphatic heterocycles. The molecule has 0 aliphatic carbocycles. The Morgan fingerprint density at radius 1 is 1.07 bits per heavy atom. The zero-order chi connectivity index (χ0) is 9.97. The highest BCUT2D eigenvalue weighted by atomic mass is 32.1. The number of thiocarbonyl (C=S) groups is 1. The largest absolute Gasteiger partial charge is 0.376 e. The summed E-state index contributed by atoms with van der Waals surface area (Å²) >= 11 is 4.98. The van der Waals surface area contributed by atoms with Crippen LogP contribution in [0.4, 0.5) is 0 Å². The van der Waals surface area contributed by atoms with Gasteiger partial charge in [0.1, 0.15) is 0 Å². The smallest absolute Gasteiger partial charge is 0.166 e. The Bertz CT molecular complexity index is 205. The molecule has 0 aromatic heterocycles. The Morgan fingerprint density at radius 2 is 1.64 bits per heavy atom. The molecule has 0 aromatic carbocycles. The van der Waals surface area contributed by atoms with Crippen LogP contribution in [0.1, 0.15) is 25.7 Å². The minimum Gasteiger partial charge on any atom is -0.376 e. The molecule has 80 valence electrons. The maximum atomic E-state index is 5.61. The molecule has 0 bridgehead atoms. The van der Waals surface area contributed by atoms with Gasteiger partial charge < -0.3 is 15.5 Å². The van der Waals surface area contributed by atoms with Gasteiger partial charge in [-0.2, -0.15) is 0 Å². The van der Waals surface area contributed by atoms with Gasteiger partial charge in [0.25, 0.3) is 0 Å². The number of hydrogen-bond acceptors (Lipinski definition) is 2. The zero-order valence-corrected chi connectivity index (χ0v) is 9.43. The van der Waals surface area contributed by atoms with E-state index in [2.05, 4.69) is 9.80 Å². The van der Waals surface area contributed by atoms with Crippen molar-refractivity contribution in [3.05, 3.63) is 0 Å². The minimum absolute atomic E-state index is 0.574. The van der Waals surface area contributed by atoms with Gasteiger partial charge in [0.05, 0.1) is 0 Å². The van der Waals surface area contributed by atoms with Crippen molar-refractivity contribution in [1.82, 2.24) is 9.80 Å². The Balaban J connectivity index is 1.80. The minimum atomic E-state index is 0.574. The van der Waals surface area contributed by atoms with E-state index in [-0.39, 0.29) is 0 Å². The summed E-state index contributed by atoms with van der Waals surface area (Å²) in [5, 5.41) is 0.574. The highest BCUT2D eigenvalue weighted by Gasteiger charge is 2.26. The fourth-order valence-corrected chi connectivity index (χ4v) is 2.74. The number of rotatable bonds is 1. The van der Waals surface area contributed by atoms with E-state index in [4.69, 9.17) is 18.0 Å². The van der Waals surface area contributed by atoms with Crippen molar-refractivity contribution >= 4 is 17.3 Å². The van der Waals surface area contributed by atoms with E-state index < -0.39 is 0 Å². The van der Waals surface area contributed by atoms with Gasteiger partial charge in [-0.3, -0.25) is 0 Å². The van der Waals surface area contributed by atoms with Crippen molar-refractivity contribution in [3.8, 4) is 0 Å². The maximum absolute atomic E-state index is 5.61. The van der Waals surface area contributed by atoms with Crippen LogP contribution in [0.3, 0.4) is 0 Å². The van der Waals surface area contributed by atoms with E-state index in [0.717, 1.165) is 19.1 Å². The predicted octanol–water partition coefficient (Wildman–Crippen LogP) is 0.790. The third kappa shape index (κ3) is 2.17. The van der Waals surface area contributed by atoms with Crippen LogP contribution in [-0.2, 0) is 0 Å². The molecule has 0 radical (unpaired) electrons. The summed E-state index contributed by atoms with van der Waals surface area (Å²) in [6.07, 6.45) is 5.24. The molecule has 2 saturated heterocycles. The van der Waals surface area contributed by atoms with Crippen molar-refractivity contribution < 1.29 is 0 Å². The van der Waals surface area contributed by atoms with E-state index in [1.54, 1.807) is 0 Å². The van der Waals surface area contributed by atoms with E-state index in [1.165, 1.54) is 38.8 Å². The third-order valence-electron chi connectivity index (χ3n) is 3.43. The molecule has 0 saturated carbocycles. The van der Waals surface area contributed by atoms with Crippen molar-refractivity contribution in [2.45, 2.75) is 31.7 Å². The molecule has 2 rings (SSSR count). The van der Waals surface area contributed by atoms with Crippen LogP contribution in [0.15, 0.2) is 0 Å². The van der Waals surface area contributed by atoms with Crippen LogP contribution in [0.25, 0.3) is 0 Å². The molecule has 2 N–H and O–H groups in total. The van der Waals surface area contributed by atoms with Gasteiger partial charge in [0, 0.05) is 19.1 Å². The van der Waals surface area contributed by atoms with Gasteiger partial charge in [-0.05, 0) is 51.0 Å². The number of nitrogens with zero attached hydrogens (tertiary/aromatic N) is 2. The van der Waals surface area contributed by atoms with Gasteiger partial charge in [0.2, 0.25) is 0 Å². The van der Waals surface area contributed by atoms with E-state index >= 15 is 0 Å². The molecule has 3 nitrogen and oxygen atoms in total. The van der Waals surface area contributed by atoms with Gasteiger partial charge in [-0.15, -0.1) is 0 Å². The summed E-state index contributed by atoms with van der Waals surface area (Å²) in [6.45, 7) is 4.71. The molecule has 0 spiro atoms. The fourth-order valence-electron chi connectivity index (χ4n) is 2.56. The topological polar surface area (TPSA) is 32.5 Å². The van der Waals surface area contributed by atoms with Gasteiger partial charge in [-0.1, -0.05) is 0 Å². The predicted molar refractivity (Wildman–Crippen MR) is 62.2 cm³/mol. The highest BCUT2D eigenvalue weighted by Crippen LogP contribution is 2.20. The summed E-state index contributed by atoms with van der Waals surface area (Å²) in [6, 6.07) is 0.795. The van der Waals surface area contributed by atoms with Crippen molar-refractivity contribution in [1.29, 1.82) is 0 Å². The first-order valence-electron chi connectivity index (χ1n) is 5.56. The van der Waals surface area contributed by atoms with Crippen LogP contribution < -0.4 is 5.73 Å². The second-order valence-corrected chi connectivity index (χ2v) is 4.72. The molecule has 14 heavy (non-hydrogen) atoms. The summed E-state index contributed by atoms with van der Waals surface area (Å²) < 4.78 is 0. The average molecular weight is 213 g/mol. The van der Waals surface area contributed by atoms with Crippen LogP contribution >= 0.6 is 12.2 Å². The van der Waals surface area contributed by atoms with Crippen LogP contribution in [-0.4, -0.2) is 47.1 Å². The number of likely N-dealkylation sites (tertiary alicyclic amines) is 2. The van der Waals surface area contributed by atoms with Gasteiger partial charge in [0.15, 0.2) is 5.11 Å². The Labute approximate surface area is 91.2 Å². The van der Waals surface area contributed by atoms with Crippen molar-refractivity contribution in [3.63, 3.8) is 0 Å². The Hall–Kier alpha value is -0.350. The van der Waals surface area contributed by atoms with Crippen LogP contribution in [0.5, 0.6) is 0 Å². The van der Waals surface area contributed by atoms with Gasteiger partial charge >= 0.3 is 0 Å². The van der Waals surface area contributed by atoms with Crippen molar-refractivity contribution in [2.75, 3.05) is 26.2 Å². The lowest BCUT2D eigenvalue weighted by atomic mass is 10.0. The number of piperidine rings is 1. The standard InChI is InChI=1S/C10H19N3S/c11-10(14)13-7-3-9(4-8-13)12-5-1-2-6-12/h9H,1-8H2,(H2,11,14). The Morgan fingerprint density at radius 3 is 2.14 bits per heavy atom. The van der Waals surface area contributed by atoms with Crippen molar-refractivity contribution in [2.24, 2.45) is 5.73 Å². The average Bonchev–Trinajstić information content (AvgIpc) is 2.71. The van der Waals surface area contributed by atoms with Crippen LogP contribution in [0, 0.1) is 0 Å².